The Hall–Kier alpha value is -2.29. The van der Waals surface area contributed by atoms with Crippen LogP contribution in [0.5, 0.6) is 11.5 Å². The van der Waals surface area contributed by atoms with Crippen LogP contribution in [0, 0.1) is 13.8 Å². The van der Waals surface area contributed by atoms with E-state index in [1.165, 1.54) is 5.56 Å². The fraction of sp³-hybridized carbons (Fsp3) is 0.188. The van der Waals surface area contributed by atoms with Crippen molar-refractivity contribution in [1.29, 1.82) is 0 Å². The molecule has 0 saturated heterocycles. The molecule has 2 rings (SSSR count). The van der Waals surface area contributed by atoms with Crippen LogP contribution in [0.4, 0.5) is 0 Å². The number of hydrogen-bond acceptors (Lipinski definition) is 3. The Bertz CT molecular complexity index is 576. The standard InChI is InChI=1S/C16H16O3/c1-12-6-7-16(13(2)8-12)18-10-14-4-3-5-15(9-14)19-11-17/h3-9,11H,10H2,1-2H3. The highest BCUT2D eigenvalue weighted by molar-refractivity contribution is 5.45. The number of carbonyl (C=O) groups excluding carboxylic acids is 1. The fourth-order valence-corrected chi connectivity index (χ4v) is 1.89. The second kappa shape index (κ2) is 6.05. The first-order chi connectivity index (χ1) is 9.19. The largest absolute Gasteiger partial charge is 0.489 e. The van der Waals surface area contributed by atoms with Crippen molar-refractivity contribution in [1.82, 2.24) is 0 Å². The third-order valence-corrected chi connectivity index (χ3v) is 2.81. The van der Waals surface area contributed by atoms with E-state index in [-0.39, 0.29) is 0 Å². The van der Waals surface area contributed by atoms with E-state index in [1.54, 1.807) is 12.1 Å². The monoisotopic (exact) mass is 256 g/mol. The highest BCUT2D eigenvalue weighted by Gasteiger charge is 2.01. The van der Waals surface area contributed by atoms with E-state index in [0.29, 0.717) is 18.8 Å². The van der Waals surface area contributed by atoms with E-state index in [4.69, 9.17) is 9.47 Å². The molecule has 3 nitrogen and oxygen atoms in total. The Morgan fingerprint density at radius 1 is 1.11 bits per heavy atom. The third-order valence-electron chi connectivity index (χ3n) is 2.81. The van der Waals surface area contributed by atoms with E-state index in [2.05, 4.69) is 13.0 Å². The molecule has 2 aromatic carbocycles. The van der Waals surface area contributed by atoms with Crippen LogP contribution in [0.3, 0.4) is 0 Å². The first kappa shape index (κ1) is 13.1. The molecule has 2 aromatic rings. The maximum atomic E-state index is 10.3. The van der Waals surface area contributed by atoms with E-state index >= 15 is 0 Å². The number of ether oxygens (including phenoxy) is 2. The van der Waals surface area contributed by atoms with Gasteiger partial charge in [0.15, 0.2) is 0 Å². The molecule has 98 valence electrons. The minimum Gasteiger partial charge on any atom is -0.489 e. The summed E-state index contributed by atoms with van der Waals surface area (Å²) in [6.45, 7) is 4.94. The van der Waals surface area contributed by atoms with Crippen LogP contribution in [-0.2, 0) is 11.4 Å². The number of benzene rings is 2. The van der Waals surface area contributed by atoms with Gasteiger partial charge in [-0.3, -0.25) is 4.79 Å². The zero-order chi connectivity index (χ0) is 13.7. The molecule has 0 spiro atoms. The van der Waals surface area contributed by atoms with Gasteiger partial charge in [-0.2, -0.15) is 0 Å². The van der Waals surface area contributed by atoms with Gasteiger partial charge >= 0.3 is 0 Å². The van der Waals surface area contributed by atoms with E-state index in [0.717, 1.165) is 16.9 Å². The van der Waals surface area contributed by atoms with Crippen LogP contribution >= 0.6 is 0 Å². The molecule has 0 aliphatic carbocycles. The Labute approximate surface area is 112 Å². The van der Waals surface area contributed by atoms with Crippen LogP contribution in [0.2, 0.25) is 0 Å². The first-order valence-electron chi connectivity index (χ1n) is 6.08. The van der Waals surface area contributed by atoms with Gasteiger partial charge in [0.05, 0.1) is 0 Å². The lowest BCUT2D eigenvalue weighted by atomic mass is 10.1. The van der Waals surface area contributed by atoms with Gasteiger partial charge in [0, 0.05) is 0 Å². The maximum Gasteiger partial charge on any atom is 0.298 e. The first-order valence-corrected chi connectivity index (χ1v) is 6.08. The summed E-state index contributed by atoms with van der Waals surface area (Å²) >= 11 is 0. The summed E-state index contributed by atoms with van der Waals surface area (Å²) in [4.78, 5) is 10.3. The van der Waals surface area contributed by atoms with Crippen LogP contribution < -0.4 is 9.47 Å². The van der Waals surface area contributed by atoms with Crippen LogP contribution in [0.25, 0.3) is 0 Å². The Balaban J connectivity index is 2.05. The van der Waals surface area contributed by atoms with Crippen molar-refractivity contribution in [2.45, 2.75) is 20.5 Å². The molecule has 0 atom stereocenters. The highest BCUT2D eigenvalue weighted by atomic mass is 16.5. The van der Waals surface area contributed by atoms with Gasteiger partial charge in [-0.15, -0.1) is 0 Å². The number of rotatable bonds is 5. The van der Waals surface area contributed by atoms with Gasteiger partial charge in [0.2, 0.25) is 0 Å². The minimum atomic E-state index is 0.421. The molecule has 0 aliphatic heterocycles. The van der Waals surface area contributed by atoms with Gasteiger partial charge in [0.25, 0.3) is 6.47 Å². The average molecular weight is 256 g/mol. The molecule has 0 aliphatic rings. The Kier molecular flexibility index (Phi) is 4.18. The second-order valence-electron chi connectivity index (χ2n) is 4.42. The highest BCUT2D eigenvalue weighted by Crippen LogP contribution is 2.21. The quantitative estimate of drug-likeness (QED) is 0.769. The van der Waals surface area contributed by atoms with Crippen LogP contribution in [-0.4, -0.2) is 6.47 Å². The molecule has 19 heavy (non-hydrogen) atoms. The molecular weight excluding hydrogens is 240 g/mol. The van der Waals surface area contributed by atoms with Crippen molar-refractivity contribution < 1.29 is 14.3 Å². The molecule has 0 aromatic heterocycles. The smallest absolute Gasteiger partial charge is 0.298 e. The molecule has 0 saturated carbocycles. The molecule has 0 unspecified atom stereocenters. The van der Waals surface area contributed by atoms with Crippen LogP contribution in [0.1, 0.15) is 16.7 Å². The normalized spacial score (nSPS) is 10.0. The number of hydrogen-bond donors (Lipinski definition) is 0. The number of carbonyl (C=O) groups is 1. The summed E-state index contributed by atoms with van der Waals surface area (Å²) in [7, 11) is 0. The summed E-state index contributed by atoms with van der Waals surface area (Å²) in [5, 5.41) is 0. The summed E-state index contributed by atoms with van der Waals surface area (Å²) in [5.74, 6) is 1.39. The molecule has 0 fully saturated rings. The zero-order valence-electron chi connectivity index (χ0n) is 11.1. The van der Waals surface area contributed by atoms with Gasteiger partial charge in [-0.25, -0.2) is 0 Å². The third kappa shape index (κ3) is 3.58. The van der Waals surface area contributed by atoms with Crippen molar-refractivity contribution >= 4 is 6.47 Å². The van der Waals surface area contributed by atoms with E-state index in [1.807, 2.05) is 31.2 Å². The predicted molar refractivity (Wildman–Crippen MR) is 73.4 cm³/mol. The topological polar surface area (TPSA) is 35.5 Å². The van der Waals surface area contributed by atoms with Crippen molar-refractivity contribution in [2.75, 3.05) is 0 Å². The van der Waals surface area contributed by atoms with Crippen molar-refractivity contribution in [3.05, 3.63) is 59.2 Å². The summed E-state index contributed by atoms with van der Waals surface area (Å²) in [6, 6.07) is 13.4. The Morgan fingerprint density at radius 3 is 2.68 bits per heavy atom. The summed E-state index contributed by atoms with van der Waals surface area (Å²) < 4.78 is 10.6. The minimum absolute atomic E-state index is 0.421. The predicted octanol–water partition coefficient (Wildman–Crippen LogP) is 3.42. The Morgan fingerprint density at radius 2 is 1.95 bits per heavy atom. The molecule has 3 heteroatoms. The number of aryl methyl sites for hydroxylation is 2. The second-order valence-corrected chi connectivity index (χ2v) is 4.42. The van der Waals surface area contributed by atoms with Crippen molar-refractivity contribution in [3.8, 4) is 11.5 Å². The molecular formula is C16H16O3. The maximum absolute atomic E-state index is 10.3. The molecule has 0 radical (unpaired) electrons. The van der Waals surface area contributed by atoms with E-state index in [9.17, 15) is 4.79 Å². The van der Waals surface area contributed by atoms with Gasteiger partial charge in [0.1, 0.15) is 18.1 Å². The van der Waals surface area contributed by atoms with Crippen LogP contribution in [0.15, 0.2) is 42.5 Å². The fourth-order valence-electron chi connectivity index (χ4n) is 1.89. The van der Waals surface area contributed by atoms with Gasteiger partial charge in [-0.1, -0.05) is 29.8 Å². The summed E-state index contributed by atoms with van der Waals surface area (Å²) in [5.41, 5.74) is 3.28. The van der Waals surface area contributed by atoms with Gasteiger partial charge < -0.3 is 9.47 Å². The average Bonchev–Trinajstić information content (AvgIpc) is 2.38. The lowest BCUT2D eigenvalue weighted by Gasteiger charge is -2.10. The van der Waals surface area contributed by atoms with Crippen molar-refractivity contribution in [2.24, 2.45) is 0 Å². The van der Waals surface area contributed by atoms with E-state index < -0.39 is 0 Å². The summed E-state index contributed by atoms with van der Waals surface area (Å²) in [6.07, 6.45) is 0. The molecule has 0 N–H and O–H groups in total. The van der Waals surface area contributed by atoms with Crippen molar-refractivity contribution in [3.63, 3.8) is 0 Å². The molecule has 0 bridgehead atoms. The lowest BCUT2D eigenvalue weighted by Crippen LogP contribution is -1.98. The zero-order valence-corrected chi connectivity index (χ0v) is 11.1. The molecule has 0 amide bonds. The lowest BCUT2D eigenvalue weighted by molar-refractivity contribution is -0.120. The SMILES string of the molecule is Cc1ccc(OCc2cccc(OC=O)c2)c(C)c1. The van der Waals surface area contributed by atoms with Gasteiger partial charge in [-0.05, 0) is 43.2 Å². The molecule has 0 heterocycles.